The van der Waals surface area contributed by atoms with Crippen LogP contribution >= 0.6 is 0 Å². The van der Waals surface area contributed by atoms with Crippen LogP contribution in [0.25, 0.3) is 0 Å². The van der Waals surface area contributed by atoms with Crippen LogP contribution in [0.4, 0.5) is 5.69 Å². The van der Waals surface area contributed by atoms with Crippen LogP contribution in [0.3, 0.4) is 0 Å². The minimum absolute atomic E-state index is 0.0827. The molecule has 0 saturated heterocycles. The number of pyridine rings is 1. The second-order valence-electron chi connectivity index (χ2n) is 4.27. The Labute approximate surface area is 126 Å². The summed E-state index contributed by atoms with van der Waals surface area (Å²) in [5.41, 5.74) is 0.0937. The third-order valence-corrected chi connectivity index (χ3v) is 2.82. The molecule has 0 aliphatic heterocycles. The smallest absolute Gasteiger partial charge is 0.290 e. The van der Waals surface area contributed by atoms with Crippen LogP contribution in [0.5, 0.6) is 17.2 Å². The summed E-state index contributed by atoms with van der Waals surface area (Å²) in [6, 6.07) is 8.10. The molecular weight excluding hydrogens is 288 g/mol. The number of nitrogens with one attached hydrogen (secondary N) is 2. The van der Waals surface area contributed by atoms with Gasteiger partial charge in [-0.3, -0.25) is 9.59 Å². The number of benzene rings is 1. The van der Waals surface area contributed by atoms with Crippen molar-refractivity contribution in [3.05, 3.63) is 46.9 Å². The molecule has 0 atom stereocenters. The van der Waals surface area contributed by atoms with Crippen molar-refractivity contribution in [2.75, 3.05) is 26.1 Å². The quantitative estimate of drug-likeness (QED) is 0.842. The number of hydrogen-bond donors (Lipinski definition) is 2. The number of rotatable bonds is 6. The van der Waals surface area contributed by atoms with Crippen molar-refractivity contribution in [3.63, 3.8) is 0 Å². The zero-order chi connectivity index (χ0) is 15.9. The van der Waals surface area contributed by atoms with E-state index in [4.69, 9.17) is 14.2 Å². The van der Waals surface area contributed by atoms with Gasteiger partial charge in [-0.15, -0.1) is 0 Å². The molecule has 0 spiro atoms. The first-order valence-electron chi connectivity index (χ1n) is 6.46. The highest BCUT2D eigenvalue weighted by Gasteiger charge is 2.10. The third kappa shape index (κ3) is 3.78. The molecule has 0 bridgehead atoms. The van der Waals surface area contributed by atoms with Gasteiger partial charge in [0.15, 0.2) is 12.4 Å². The number of ether oxygens (including phenoxy) is 3. The number of amides is 1. The lowest BCUT2D eigenvalue weighted by Crippen LogP contribution is -2.22. The first kappa shape index (κ1) is 15.4. The lowest BCUT2D eigenvalue weighted by atomic mass is 10.2. The molecular formula is C15H16N2O5. The monoisotopic (exact) mass is 304 g/mol. The Bertz CT molecular complexity index is 711. The number of anilines is 1. The summed E-state index contributed by atoms with van der Waals surface area (Å²) >= 11 is 0. The summed E-state index contributed by atoms with van der Waals surface area (Å²) in [5.74, 6) is 0.748. The van der Waals surface area contributed by atoms with E-state index in [0.29, 0.717) is 17.2 Å². The molecule has 0 aliphatic carbocycles. The molecule has 1 aromatic carbocycles. The number of carbonyl (C=O) groups is 1. The van der Waals surface area contributed by atoms with Crippen LogP contribution in [-0.2, 0) is 4.79 Å². The van der Waals surface area contributed by atoms with Crippen LogP contribution in [0, 0.1) is 0 Å². The highest BCUT2D eigenvalue weighted by molar-refractivity contribution is 5.93. The first-order chi connectivity index (χ1) is 10.6. The molecule has 0 saturated carbocycles. The van der Waals surface area contributed by atoms with E-state index in [0.717, 1.165) is 0 Å². The molecule has 7 nitrogen and oxygen atoms in total. The molecule has 22 heavy (non-hydrogen) atoms. The molecule has 1 amide bonds. The van der Waals surface area contributed by atoms with Gasteiger partial charge in [-0.25, -0.2) is 0 Å². The number of carbonyl (C=O) groups excluding carboxylic acids is 1. The van der Waals surface area contributed by atoms with E-state index >= 15 is 0 Å². The van der Waals surface area contributed by atoms with Crippen molar-refractivity contribution in [2.45, 2.75) is 0 Å². The molecule has 2 aromatic rings. The maximum atomic E-state index is 11.9. The predicted molar refractivity (Wildman–Crippen MR) is 80.7 cm³/mol. The zero-order valence-electron chi connectivity index (χ0n) is 12.2. The van der Waals surface area contributed by atoms with Gasteiger partial charge >= 0.3 is 0 Å². The van der Waals surface area contributed by atoms with E-state index in [-0.39, 0.29) is 12.4 Å². The van der Waals surface area contributed by atoms with E-state index in [1.54, 1.807) is 24.3 Å². The van der Waals surface area contributed by atoms with Gasteiger partial charge in [0.2, 0.25) is 0 Å². The molecule has 0 aliphatic rings. The van der Waals surface area contributed by atoms with Crippen molar-refractivity contribution in [3.8, 4) is 17.2 Å². The van der Waals surface area contributed by atoms with Gasteiger partial charge < -0.3 is 24.5 Å². The minimum Gasteiger partial charge on any atom is -0.497 e. The molecule has 2 N–H and O–H groups in total. The fraction of sp³-hybridized carbons (Fsp3) is 0.200. The van der Waals surface area contributed by atoms with Crippen LogP contribution in [0.2, 0.25) is 0 Å². The van der Waals surface area contributed by atoms with E-state index in [9.17, 15) is 9.59 Å². The van der Waals surface area contributed by atoms with Crippen LogP contribution in [0.1, 0.15) is 0 Å². The summed E-state index contributed by atoms with van der Waals surface area (Å²) in [7, 11) is 3.03. The van der Waals surface area contributed by atoms with Crippen LogP contribution in [-0.4, -0.2) is 31.7 Å². The number of methoxy groups -OCH3 is 2. The second kappa shape index (κ2) is 7.16. The van der Waals surface area contributed by atoms with Gasteiger partial charge in [0.1, 0.15) is 11.5 Å². The van der Waals surface area contributed by atoms with E-state index in [1.165, 1.54) is 26.5 Å². The maximum absolute atomic E-state index is 11.9. The summed E-state index contributed by atoms with van der Waals surface area (Å²) in [6.07, 6.45) is 1.48. The molecule has 2 rings (SSSR count). The van der Waals surface area contributed by atoms with Gasteiger partial charge in [0.25, 0.3) is 11.5 Å². The van der Waals surface area contributed by atoms with Crippen molar-refractivity contribution in [1.82, 2.24) is 4.98 Å². The van der Waals surface area contributed by atoms with Crippen molar-refractivity contribution in [1.29, 1.82) is 0 Å². The van der Waals surface area contributed by atoms with Gasteiger partial charge in [-0.1, -0.05) is 0 Å². The van der Waals surface area contributed by atoms with Crippen molar-refractivity contribution in [2.24, 2.45) is 0 Å². The number of H-pyrrole nitrogens is 1. The first-order valence-corrected chi connectivity index (χ1v) is 6.46. The molecule has 1 heterocycles. The van der Waals surface area contributed by atoms with E-state index < -0.39 is 11.5 Å². The third-order valence-electron chi connectivity index (χ3n) is 2.82. The Morgan fingerprint density at radius 2 is 2.00 bits per heavy atom. The Balaban J connectivity index is 2.00. The van der Waals surface area contributed by atoms with E-state index in [2.05, 4.69) is 10.3 Å². The molecule has 116 valence electrons. The van der Waals surface area contributed by atoms with Crippen LogP contribution in [0.15, 0.2) is 41.3 Å². The highest BCUT2D eigenvalue weighted by Crippen LogP contribution is 2.28. The van der Waals surface area contributed by atoms with Gasteiger partial charge in [-0.05, 0) is 24.3 Å². The Morgan fingerprint density at radius 1 is 1.18 bits per heavy atom. The van der Waals surface area contributed by atoms with Crippen molar-refractivity contribution < 1.29 is 19.0 Å². The van der Waals surface area contributed by atoms with Crippen LogP contribution < -0.4 is 25.1 Å². The lowest BCUT2D eigenvalue weighted by Gasteiger charge is -2.11. The normalized spacial score (nSPS) is 9.91. The topological polar surface area (TPSA) is 89.7 Å². The molecule has 0 radical (unpaired) electrons. The SMILES string of the molecule is COc1ccc(NC(=O)COc2ccc[nH]c2=O)c(OC)c1. The average molecular weight is 304 g/mol. The molecule has 1 aromatic heterocycles. The summed E-state index contributed by atoms with van der Waals surface area (Å²) in [5, 5.41) is 2.65. The molecule has 7 heteroatoms. The number of aromatic amines is 1. The Morgan fingerprint density at radius 3 is 2.68 bits per heavy atom. The number of aromatic nitrogens is 1. The lowest BCUT2D eigenvalue weighted by molar-refractivity contribution is -0.118. The fourth-order valence-electron chi connectivity index (χ4n) is 1.75. The fourth-order valence-corrected chi connectivity index (χ4v) is 1.75. The van der Waals surface area contributed by atoms with Gasteiger partial charge in [-0.2, -0.15) is 0 Å². The summed E-state index contributed by atoms with van der Waals surface area (Å²) in [6.45, 7) is -0.289. The molecule has 0 fully saturated rings. The summed E-state index contributed by atoms with van der Waals surface area (Å²) in [4.78, 5) is 25.8. The minimum atomic E-state index is -0.410. The highest BCUT2D eigenvalue weighted by atomic mass is 16.5. The number of hydrogen-bond acceptors (Lipinski definition) is 5. The zero-order valence-corrected chi connectivity index (χ0v) is 12.2. The Kier molecular flexibility index (Phi) is 5.02. The van der Waals surface area contributed by atoms with Gasteiger partial charge in [0.05, 0.1) is 19.9 Å². The largest absolute Gasteiger partial charge is 0.497 e. The van der Waals surface area contributed by atoms with Gasteiger partial charge in [0, 0.05) is 12.3 Å². The average Bonchev–Trinajstić information content (AvgIpc) is 2.54. The van der Waals surface area contributed by atoms with Crippen molar-refractivity contribution >= 4 is 11.6 Å². The standard InChI is InChI=1S/C15H16N2O5/c1-20-10-5-6-11(13(8-10)21-2)17-14(18)9-22-12-4-3-7-16-15(12)19/h3-8H,9H2,1-2H3,(H,16,19)(H,17,18). The molecule has 0 unspecified atom stereocenters. The second-order valence-corrected chi connectivity index (χ2v) is 4.27. The summed E-state index contributed by atoms with van der Waals surface area (Å²) < 4.78 is 15.4. The predicted octanol–water partition coefficient (Wildman–Crippen LogP) is 1.41. The maximum Gasteiger partial charge on any atom is 0.290 e. The van der Waals surface area contributed by atoms with E-state index in [1.807, 2.05) is 0 Å². The Hall–Kier alpha value is -2.96.